The quantitative estimate of drug-likeness (QED) is 0.869. The van der Waals surface area contributed by atoms with E-state index in [1.165, 1.54) is 0 Å². The maximum atomic E-state index is 10.7. The van der Waals surface area contributed by atoms with E-state index in [1.54, 1.807) is 6.20 Å². The van der Waals surface area contributed by atoms with E-state index in [1.807, 2.05) is 18.2 Å². The summed E-state index contributed by atoms with van der Waals surface area (Å²) in [6.07, 6.45) is 3.99. The van der Waals surface area contributed by atoms with Crippen LogP contribution >= 0.6 is 0 Å². The van der Waals surface area contributed by atoms with Crippen LogP contribution in [-0.4, -0.2) is 70.4 Å². The lowest BCUT2D eigenvalue weighted by Gasteiger charge is -2.40. The SMILES string of the molecule is OCc1cc(CN2CCC(N3CCOCC3)CC2)c(O)c2ncccc12. The summed E-state index contributed by atoms with van der Waals surface area (Å²) in [7, 11) is 0. The minimum Gasteiger partial charge on any atom is -0.505 e. The molecule has 0 aliphatic carbocycles. The molecule has 0 amide bonds. The molecule has 2 aliphatic heterocycles. The Labute approximate surface area is 154 Å². The topological polar surface area (TPSA) is 69.1 Å². The molecule has 2 N–H and O–H groups in total. The Morgan fingerprint density at radius 3 is 2.62 bits per heavy atom. The predicted octanol–water partition coefficient (Wildman–Crippen LogP) is 1.73. The normalized spacial score (nSPS) is 20.7. The lowest BCUT2D eigenvalue weighted by molar-refractivity contribution is 0.000183. The Morgan fingerprint density at radius 2 is 1.88 bits per heavy atom. The van der Waals surface area contributed by atoms with Gasteiger partial charge in [-0.25, -0.2) is 0 Å². The molecule has 2 aromatic rings. The summed E-state index contributed by atoms with van der Waals surface area (Å²) in [5.41, 5.74) is 2.26. The molecule has 1 aromatic heterocycles. The van der Waals surface area contributed by atoms with Gasteiger partial charge in [0.2, 0.25) is 0 Å². The fourth-order valence-corrected chi connectivity index (χ4v) is 4.24. The molecule has 1 aromatic carbocycles. The van der Waals surface area contributed by atoms with Crippen molar-refractivity contribution < 1.29 is 14.9 Å². The monoisotopic (exact) mass is 357 g/mol. The maximum absolute atomic E-state index is 10.7. The molecule has 2 aliphatic rings. The summed E-state index contributed by atoms with van der Waals surface area (Å²) >= 11 is 0. The number of phenols is 1. The zero-order valence-corrected chi connectivity index (χ0v) is 15.1. The third-order valence-corrected chi connectivity index (χ3v) is 5.71. The van der Waals surface area contributed by atoms with E-state index >= 15 is 0 Å². The Morgan fingerprint density at radius 1 is 1.12 bits per heavy atom. The molecule has 0 spiro atoms. The first kappa shape index (κ1) is 17.7. The summed E-state index contributed by atoms with van der Waals surface area (Å²) in [5, 5.41) is 21.2. The van der Waals surface area contributed by atoms with Gasteiger partial charge in [0, 0.05) is 42.8 Å². The van der Waals surface area contributed by atoms with E-state index in [2.05, 4.69) is 14.8 Å². The first-order valence-electron chi connectivity index (χ1n) is 9.49. The molecule has 0 radical (unpaired) electrons. The molecule has 4 rings (SSSR count). The summed E-state index contributed by atoms with van der Waals surface area (Å²) in [4.78, 5) is 9.27. The molecule has 2 saturated heterocycles. The number of aliphatic hydroxyl groups is 1. The molecular formula is C20H27N3O3. The number of morpholine rings is 1. The van der Waals surface area contributed by atoms with Crippen LogP contribution in [0.1, 0.15) is 24.0 Å². The average Bonchev–Trinajstić information content (AvgIpc) is 2.71. The number of ether oxygens (including phenoxy) is 1. The Bertz CT molecular complexity index is 753. The van der Waals surface area contributed by atoms with Gasteiger partial charge in [0.25, 0.3) is 0 Å². The molecule has 6 heteroatoms. The van der Waals surface area contributed by atoms with Crippen LogP contribution in [0.5, 0.6) is 5.75 Å². The van der Waals surface area contributed by atoms with Crippen molar-refractivity contribution in [3.8, 4) is 5.75 Å². The van der Waals surface area contributed by atoms with Gasteiger partial charge >= 0.3 is 0 Å². The number of hydrogen-bond acceptors (Lipinski definition) is 6. The number of nitrogens with zero attached hydrogens (tertiary/aromatic N) is 3. The zero-order valence-electron chi connectivity index (χ0n) is 15.1. The van der Waals surface area contributed by atoms with Crippen molar-refractivity contribution in [2.45, 2.75) is 32.0 Å². The van der Waals surface area contributed by atoms with Crippen molar-refractivity contribution in [1.82, 2.24) is 14.8 Å². The van der Waals surface area contributed by atoms with Crippen LogP contribution in [0.4, 0.5) is 0 Å². The van der Waals surface area contributed by atoms with Crippen molar-refractivity contribution in [2.75, 3.05) is 39.4 Å². The van der Waals surface area contributed by atoms with Crippen molar-refractivity contribution in [1.29, 1.82) is 0 Å². The van der Waals surface area contributed by atoms with Gasteiger partial charge in [0.15, 0.2) is 0 Å². The summed E-state index contributed by atoms with van der Waals surface area (Å²) in [6.45, 7) is 6.48. The Balaban J connectivity index is 1.45. The number of fused-ring (bicyclic) bond motifs is 1. The minimum absolute atomic E-state index is 0.0470. The molecule has 26 heavy (non-hydrogen) atoms. The van der Waals surface area contributed by atoms with Crippen LogP contribution in [-0.2, 0) is 17.9 Å². The van der Waals surface area contributed by atoms with E-state index in [-0.39, 0.29) is 12.4 Å². The van der Waals surface area contributed by atoms with Gasteiger partial charge in [-0.15, -0.1) is 0 Å². The number of rotatable bonds is 4. The van der Waals surface area contributed by atoms with E-state index in [0.29, 0.717) is 18.1 Å². The van der Waals surface area contributed by atoms with Crippen LogP contribution in [0, 0.1) is 0 Å². The summed E-state index contributed by atoms with van der Waals surface area (Å²) in [5.74, 6) is 0.244. The highest BCUT2D eigenvalue weighted by Gasteiger charge is 2.26. The van der Waals surface area contributed by atoms with Crippen LogP contribution in [0.15, 0.2) is 24.4 Å². The number of piperidine rings is 1. The number of aliphatic hydroxyl groups excluding tert-OH is 1. The van der Waals surface area contributed by atoms with Gasteiger partial charge in [-0.05, 0) is 43.6 Å². The van der Waals surface area contributed by atoms with E-state index in [9.17, 15) is 10.2 Å². The second kappa shape index (κ2) is 7.88. The molecule has 0 saturated carbocycles. The van der Waals surface area contributed by atoms with Crippen molar-refractivity contribution in [3.63, 3.8) is 0 Å². The van der Waals surface area contributed by atoms with E-state index < -0.39 is 0 Å². The molecule has 0 unspecified atom stereocenters. The second-order valence-electron chi connectivity index (χ2n) is 7.26. The van der Waals surface area contributed by atoms with Crippen LogP contribution in [0.3, 0.4) is 0 Å². The Kier molecular flexibility index (Phi) is 5.36. The third kappa shape index (κ3) is 3.55. The lowest BCUT2D eigenvalue weighted by Crippen LogP contribution is -2.48. The fourth-order valence-electron chi connectivity index (χ4n) is 4.24. The maximum Gasteiger partial charge on any atom is 0.146 e. The van der Waals surface area contributed by atoms with Crippen molar-refractivity contribution >= 4 is 10.9 Å². The van der Waals surface area contributed by atoms with Crippen LogP contribution in [0.25, 0.3) is 10.9 Å². The minimum atomic E-state index is -0.0470. The van der Waals surface area contributed by atoms with Gasteiger partial charge in [-0.2, -0.15) is 0 Å². The highest BCUT2D eigenvalue weighted by molar-refractivity contribution is 5.88. The van der Waals surface area contributed by atoms with E-state index in [4.69, 9.17) is 4.74 Å². The molecule has 0 atom stereocenters. The highest BCUT2D eigenvalue weighted by Crippen LogP contribution is 2.32. The number of likely N-dealkylation sites (tertiary alicyclic amines) is 1. The standard InChI is InChI=1S/C20H27N3O3/c24-14-16-12-15(20(25)19-18(16)2-1-5-21-19)13-22-6-3-17(4-7-22)23-8-10-26-11-9-23/h1-2,5,12,17,24-25H,3-4,6-11,13-14H2. The van der Waals surface area contributed by atoms with Gasteiger partial charge in [-0.3, -0.25) is 14.8 Å². The highest BCUT2D eigenvalue weighted by atomic mass is 16.5. The first-order chi connectivity index (χ1) is 12.8. The number of hydrogen-bond donors (Lipinski definition) is 2. The summed E-state index contributed by atoms with van der Waals surface area (Å²) in [6, 6.07) is 6.30. The number of phenolic OH excluding ortho intramolecular Hbond substituents is 1. The molecular weight excluding hydrogens is 330 g/mol. The van der Waals surface area contributed by atoms with Crippen LogP contribution < -0.4 is 0 Å². The van der Waals surface area contributed by atoms with Crippen LogP contribution in [0.2, 0.25) is 0 Å². The molecule has 0 bridgehead atoms. The smallest absolute Gasteiger partial charge is 0.146 e. The molecule has 6 nitrogen and oxygen atoms in total. The number of benzene rings is 1. The number of aromatic hydroxyl groups is 1. The number of pyridine rings is 1. The lowest BCUT2D eigenvalue weighted by atomic mass is 10.00. The predicted molar refractivity (Wildman–Crippen MR) is 100 cm³/mol. The van der Waals surface area contributed by atoms with Gasteiger partial charge in [-0.1, -0.05) is 6.07 Å². The summed E-state index contributed by atoms with van der Waals surface area (Å²) < 4.78 is 5.45. The largest absolute Gasteiger partial charge is 0.505 e. The number of aromatic nitrogens is 1. The van der Waals surface area contributed by atoms with Gasteiger partial charge in [0.1, 0.15) is 11.3 Å². The average molecular weight is 357 g/mol. The molecule has 2 fully saturated rings. The zero-order chi connectivity index (χ0) is 17.9. The molecule has 3 heterocycles. The fraction of sp³-hybridized carbons (Fsp3) is 0.550. The second-order valence-corrected chi connectivity index (χ2v) is 7.26. The molecule has 140 valence electrons. The van der Waals surface area contributed by atoms with Crippen molar-refractivity contribution in [2.24, 2.45) is 0 Å². The van der Waals surface area contributed by atoms with Gasteiger partial charge < -0.3 is 14.9 Å². The third-order valence-electron chi connectivity index (χ3n) is 5.71. The van der Waals surface area contributed by atoms with Crippen molar-refractivity contribution in [3.05, 3.63) is 35.5 Å². The Hall–Kier alpha value is -1.73. The van der Waals surface area contributed by atoms with E-state index in [0.717, 1.165) is 68.7 Å². The van der Waals surface area contributed by atoms with Gasteiger partial charge in [0.05, 0.1) is 19.8 Å². The first-order valence-corrected chi connectivity index (χ1v) is 9.49.